The molecule has 6 nitrogen and oxygen atoms in total. The van der Waals surface area contributed by atoms with Gasteiger partial charge in [0.15, 0.2) is 0 Å². The van der Waals surface area contributed by atoms with Gasteiger partial charge >= 0.3 is 5.97 Å². The lowest BCUT2D eigenvalue weighted by molar-refractivity contribution is -0.152. The Bertz CT molecular complexity index is 826. The van der Waals surface area contributed by atoms with Crippen LogP contribution in [0.15, 0.2) is 41.6 Å². The number of carbonyl (C=O) groups is 3. The van der Waals surface area contributed by atoms with E-state index in [2.05, 4.69) is 5.32 Å². The van der Waals surface area contributed by atoms with E-state index in [-0.39, 0.29) is 29.3 Å². The number of fused-ring (bicyclic) bond motifs is 1. The van der Waals surface area contributed by atoms with Gasteiger partial charge in [-0.3, -0.25) is 14.5 Å². The number of β-lactam (4-membered cyclic amide) rings is 1. The molecule has 1 saturated heterocycles. The van der Waals surface area contributed by atoms with Gasteiger partial charge in [0.2, 0.25) is 9.70 Å². The Balaban J connectivity index is 1.64. The molecular weight excluding hydrogens is 447 g/mol. The molecule has 10 heteroatoms. The fourth-order valence-corrected chi connectivity index (χ4v) is 4.44. The molecule has 0 bridgehead atoms. The van der Waals surface area contributed by atoms with Gasteiger partial charge in [-0.2, -0.15) is 0 Å². The number of carbonyl (C=O) groups excluding carboxylic acids is 3. The minimum atomic E-state index is -1.74. The van der Waals surface area contributed by atoms with Gasteiger partial charge in [0.1, 0.15) is 23.7 Å². The standard InChI is InChI=1S/C18H17Cl3N2O4S/c1-10-8-28-16-13(22-12(24)7-11-5-3-2-4-6-11)15(25)23(16)14(10)17(26)27-9-18(19,20)21/h2-6,13,16H,7-9H2,1H3,(H,22,24)/t13-,16-/m0/s1. The molecule has 1 N–H and O–H groups in total. The first-order valence-electron chi connectivity index (χ1n) is 8.39. The molecule has 28 heavy (non-hydrogen) atoms. The molecule has 1 aromatic rings. The molecule has 2 amide bonds. The zero-order valence-corrected chi connectivity index (χ0v) is 17.9. The van der Waals surface area contributed by atoms with Crippen molar-refractivity contribution in [1.29, 1.82) is 0 Å². The second-order valence-corrected chi connectivity index (χ2v) is 10.1. The minimum Gasteiger partial charge on any atom is -0.456 e. The predicted molar refractivity (Wildman–Crippen MR) is 109 cm³/mol. The third-order valence-electron chi connectivity index (χ3n) is 4.24. The van der Waals surface area contributed by atoms with Crippen LogP contribution in [0.25, 0.3) is 0 Å². The van der Waals surface area contributed by atoms with Gasteiger partial charge in [0.25, 0.3) is 5.91 Å². The molecule has 1 fully saturated rings. The number of hydrogen-bond acceptors (Lipinski definition) is 5. The summed E-state index contributed by atoms with van der Waals surface area (Å²) in [7, 11) is 0. The summed E-state index contributed by atoms with van der Waals surface area (Å²) in [4.78, 5) is 38.7. The van der Waals surface area contributed by atoms with Crippen molar-refractivity contribution in [2.45, 2.75) is 28.6 Å². The van der Waals surface area contributed by atoms with E-state index in [0.29, 0.717) is 11.3 Å². The van der Waals surface area contributed by atoms with E-state index in [1.165, 1.54) is 16.7 Å². The highest BCUT2D eigenvalue weighted by Crippen LogP contribution is 2.40. The van der Waals surface area contributed by atoms with Crippen molar-refractivity contribution in [3.8, 4) is 0 Å². The number of nitrogens with one attached hydrogen (secondary N) is 1. The molecule has 0 aliphatic carbocycles. The van der Waals surface area contributed by atoms with Crippen LogP contribution < -0.4 is 5.32 Å². The number of nitrogens with zero attached hydrogens (tertiary/aromatic N) is 1. The topological polar surface area (TPSA) is 75.7 Å². The summed E-state index contributed by atoms with van der Waals surface area (Å²) in [6, 6.07) is 8.55. The molecule has 1 aromatic carbocycles. The van der Waals surface area contributed by atoms with E-state index >= 15 is 0 Å². The number of benzene rings is 1. The first-order valence-corrected chi connectivity index (χ1v) is 10.6. The highest BCUT2D eigenvalue weighted by atomic mass is 35.6. The van der Waals surface area contributed by atoms with Crippen LogP contribution in [-0.2, 0) is 25.5 Å². The number of halogens is 3. The van der Waals surface area contributed by atoms with Gasteiger partial charge in [-0.05, 0) is 18.1 Å². The largest absolute Gasteiger partial charge is 0.456 e. The molecule has 0 unspecified atom stereocenters. The quantitative estimate of drug-likeness (QED) is 0.413. The number of rotatable bonds is 5. The number of ether oxygens (including phenoxy) is 1. The molecule has 0 saturated carbocycles. The zero-order chi connectivity index (χ0) is 20.5. The summed E-state index contributed by atoms with van der Waals surface area (Å²) >= 11 is 18.3. The number of amides is 2. The second-order valence-electron chi connectivity index (χ2n) is 6.44. The molecule has 0 radical (unpaired) electrons. The van der Waals surface area contributed by atoms with E-state index in [1.807, 2.05) is 30.3 Å². The van der Waals surface area contributed by atoms with Crippen LogP contribution in [0.4, 0.5) is 0 Å². The SMILES string of the molecule is CC1=C(C(=O)OCC(Cl)(Cl)Cl)N2C(=O)[C@H](NC(=O)Cc3ccccc3)[C@@H]2SC1. The smallest absolute Gasteiger partial charge is 0.355 e. The summed E-state index contributed by atoms with van der Waals surface area (Å²) in [5, 5.41) is 2.39. The van der Waals surface area contributed by atoms with Crippen LogP contribution in [0.5, 0.6) is 0 Å². The molecule has 3 rings (SSSR count). The fourth-order valence-electron chi connectivity index (χ4n) is 2.98. The van der Waals surface area contributed by atoms with Crippen molar-refractivity contribution >= 4 is 64.3 Å². The molecule has 2 aliphatic heterocycles. The lowest BCUT2D eigenvalue weighted by atomic mass is 10.0. The van der Waals surface area contributed by atoms with Crippen LogP contribution in [-0.4, -0.2) is 50.3 Å². The maximum atomic E-state index is 12.6. The van der Waals surface area contributed by atoms with E-state index in [0.717, 1.165) is 5.56 Å². The summed E-state index contributed by atoms with van der Waals surface area (Å²) in [6.45, 7) is 1.31. The third kappa shape index (κ3) is 4.76. The van der Waals surface area contributed by atoms with Crippen molar-refractivity contribution in [3.63, 3.8) is 0 Å². The number of thioether (sulfide) groups is 1. The average molecular weight is 464 g/mol. The molecule has 150 valence electrons. The van der Waals surface area contributed by atoms with Crippen LogP contribution >= 0.6 is 46.6 Å². The van der Waals surface area contributed by atoms with Gasteiger partial charge < -0.3 is 10.1 Å². The van der Waals surface area contributed by atoms with Crippen molar-refractivity contribution < 1.29 is 19.1 Å². The summed E-state index contributed by atoms with van der Waals surface area (Å²) in [6.07, 6.45) is 0.176. The van der Waals surface area contributed by atoms with Crippen molar-refractivity contribution in [1.82, 2.24) is 10.2 Å². The Morgan fingerprint density at radius 3 is 2.61 bits per heavy atom. The van der Waals surface area contributed by atoms with E-state index in [9.17, 15) is 14.4 Å². The molecule has 0 spiro atoms. The molecule has 2 atom stereocenters. The Kier molecular flexibility index (Phi) is 6.49. The Hall–Kier alpha value is -1.41. The fraction of sp³-hybridized carbons (Fsp3) is 0.389. The number of esters is 1. The first-order chi connectivity index (χ1) is 13.2. The molecule has 0 aromatic heterocycles. The van der Waals surface area contributed by atoms with Gasteiger partial charge in [-0.15, -0.1) is 11.8 Å². The summed E-state index contributed by atoms with van der Waals surface area (Å²) in [5.41, 5.74) is 1.70. The molecule has 2 aliphatic rings. The Morgan fingerprint density at radius 2 is 1.96 bits per heavy atom. The van der Waals surface area contributed by atoms with Gasteiger partial charge in [0, 0.05) is 5.75 Å². The van der Waals surface area contributed by atoms with Crippen LogP contribution in [0.3, 0.4) is 0 Å². The van der Waals surface area contributed by atoms with Crippen molar-refractivity contribution in [3.05, 3.63) is 47.2 Å². The minimum absolute atomic E-state index is 0.150. The zero-order valence-electron chi connectivity index (χ0n) is 14.8. The van der Waals surface area contributed by atoms with Crippen molar-refractivity contribution in [2.24, 2.45) is 0 Å². The Morgan fingerprint density at radius 1 is 1.29 bits per heavy atom. The molecule has 2 heterocycles. The highest BCUT2D eigenvalue weighted by Gasteiger charge is 2.54. The van der Waals surface area contributed by atoms with Gasteiger partial charge in [-0.1, -0.05) is 65.1 Å². The van der Waals surface area contributed by atoms with E-state index in [4.69, 9.17) is 39.5 Å². The summed E-state index contributed by atoms with van der Waals surface area (Å²) in [5.74, 6) is -0.815. The van der Waals surface area contributed by atoms with E-state index < -0.39 is 22.4 Å². The predicted octanol–water partition coefficient (Wildman–Crippen LogP) is 2.82. The van der Waals surface area contributed by atoms with Gasteiger partial charge in [0.05, 0.1) is 6.42 Å². The second kappa shape index (κ2) is 8.53. The third-order valence-corrected chi connectivity index (χ3v) is 5.99. The van der Waals surface area contributed by atoms with Gasteiger partial charge in [-0.25, -0.2) is 4.79 Å². The van der Waals surface area contributed by atoms with E-state index in [1.54, 1.807) is 6.92 Å². The average Bonchev–Trinajstić information content (AvgIpc) is 2.64. The first kappa shape index (κ1) is 21.3. The van der Waals surface area contributed by atoms with Crippen LogP contribution in [0, 0.1) is 0 Å². The lowest BCUT2D eigenvalue weighted by Crippen LogP contribution is -2.70. The highest BCUT2D eigenvalue weighted by molar-refractivity contribution is 8.00. The monoisotopic (exact) mass is 462 g/mol. The maximum Gasteiger partial charge on any atom is 0.355 e. The molecular formula is C18H17Cl3N2O4S. The summed E-state index contributed by atoms with van der Waals surface area (Å²) < 4.78 is 3.29. The Labute approximate surface area is 181 Å². The lowest BCUT2D eigenvalue weighted by Gasteiger charge is -2.49. The number of hydrogen-bond donors (Lipinski definition) is 1. The maximum absolute atomic E-state index is 12.6. The normalized spacial score (nSPS) is 21.7. The van der Waals surface area contributed by atoms with Crippen LogP contribution in [0.1, 0.15) is 12.5 Å². The van der Waals surface area contributed by atoms with Crippen molar-refractivity contribution in [2.75, 3.05) is 12.4 Å². The van der Waals surface area contributed by atoms with Crippen LogP contribution in [0.2, 0.25) is 0 Å². The number of alkyl halides is 3.